The van der Waals surface area contributed by atoms with Crippen molar-refractivity contribution in [3.05, 3.63) is 0 Å². The molecule has 2 N–H and O–H groups in total. The molecule has 10 heavy (non-hydrogen) atoms. The SMILES string of the molecule is O=C(O)NCCS(=O)(=O)Cl. The zero-order valence-corrected chi connectivity index (χ0v) is 6.44. The summed E-state index contributed by atoms with van der Waals surface area (Å²) in [4.78, 5) is 9.74. The van der Waals surface area contributed by atoms with E-state index < -0.39 is 15.1 Å². The van der Waals surface area contributed by atoms with Crippen LogP contribution in [0.15, 0.2) is 0 Å². The van der Waals surface area contributed by atoms with Gasteiger partial charge in [0.15, 0.2) is 0 Å². The standard InChI is InChI=1S/C3H6ClNO4S/c4-10(8,9)2-1-5-3(6)7/h5H,1-2H2,(H,6,7). The first kappa shape index (κ1) is 9.51. The maximum Gasteiger partial charge on any atom is 0.404 e. The number of nitrogens with one attached hydrogen (secondary N) is 1. The summed E-state index contributed by atoms with van der Waals surface area (Å²) in [5.41, 5.74) is 0. The molecule has 7 heteroatoms. The van der Waals surface area contributed by atoms with E-state index in [9.17, 15) is 13.2 Å². The molecule has 0 unspecified atom stereocenters. The average molecular weight is 188 g/mol. The van der Waals surface area contributed by atoms with Crippen LogP contribution in [0.25, 0.3) is 0 Å². The highest BCUT2D eigenvalue weighted by molar-refractivity contribution is 8.13. The molecule has 0 heterocycles. The quantitative estimate of drug-likeness (QED) is 0.601. The monoisotopic (exact) mass is 187 g/mol. The number of hydrogen-bond acceptors (Lipinski definition) is 3. The first-order valence-electron chi connectivity index (χ1n) is 2.31. The summed E-state index contributed by atoms with van der Waals surface area (Å²) in [5, 5.41) is 9.82. The summed E-state index contributed by atoms with van der Waals surface area (Å²) in [6.07, 6.45) is -1.26. The molecule has 0 fully saturated rings. The van der Waals surface area contributed by atoms with Gasteiger partial charge in [-0.15, -0.1) is 0 Å². The van der Waals surface area contributed by atoms with Gasteiger partial charge in [0.1, 0.15) is 0 Å². The summed E-state index contributed by atoms with van der Waals surface area (Å²) >= 11 is 0. The average Bonchev–Trinajstić information content (AvgIpc) is 1.59. The lowest BCUT2D eigenvalue weighted by atomic mass is 10.7. The molecule has 0 aliphatic rings. The van der Waals surface area contributed by atoms with Crippen LogP contribution in [0.4, 0.5) is 4.79 Å². The Balaban J connectivity index is 3.49. The minimum Gasteiger partial charge on any atom is -0.465 e. The summed E-state index contributed by atoms with van der Waals surface area (Å²) in [6.45, 7) is -0.179. The third kappa shape index (κ3) is 7.51. The fraction of sp³-hybridized carbons (Fsp3) is 0.667. The predicted molar refractivity (Wildman–Crippen MR) is 35.7 cm³/mol. The molecule has 0 bridgehead atoms. The van der Waals surface area contributed by atoms with E-state index in [1.807, 2.05) is 5.32 Å². The largest absolute Gasteiger partial charge is 0.465 e. The number of halogens is 1. The van der Waals surface area contributed by atoms with E-state index >= 15 is 0 Å². The Morgan fingerprint density at radius 1 is 1.60 bits per heavy atom. The molecule has 60 valence electrons. The van der Waals surface area contributed by atoms with Crippen LogP contribution in [0.2, 0.25) is 0 Å². The lowest BCUT2D eigenvalue weighted by molar-refractivity contribution is 0.195. The smallest absolute Gasteiger partial charge is 0.404 e. The van der Waals surface area contributed by atoms with Crippen LogP contribution < -0.4 is 5.32 Å². The molecular formula is C3H6ClNO4S. The van der Waals surface area contributed by atoms with E-state index in [4.69, 9.17) is 15.8 Å². The first-order chi connectivity index (χ1) is 4.42. The number of hydrogen-bond donors (Lipinski definition) is 2. The van der Waals surface area contributed by atoms with Gasteiger partial charge in [-0.1, -0.05) is 0 Å². The second-order valence-electron chi connectivity index (χ2n) is 1.47. The molecule has 0 atom stereocenters. The minimum atomic E-state index is -3.57. The normalized spacial score (nSPS) is 10.9. The maximum atomic E-state index is 10.1. The number of amides is 1. The molecular weight excluding hydrogens is 182 g/mol. The van der Waals surface area contributed by atoms with Crippen LogP contribution in [-0.2, 0) is 9.05 Å². The molecule has 0 aliphatic heterocycles. The van der Waals surface area contributed by atoms with Crippen LogP contribution >= 0.6 is 10.7 Å². The van der Waals surface area contributed by atoms with Gasteiger partial charge in [0.2, 0.25) is 9.05 Å². The molecule has 0 saturated heterocycles. The number of carboxylic acid groups (broad SMARTS) is 1. The molecule has 0 radical (unpaired) electrons. The van der Waals surface area contributed by atoms with Crippen molar-refractivity contribution in [1.29, 1.82) is 0 Å². The molecule has 0 saturated carbocycles. The maximum absolute atomic E-state index is 10.1. The minimum absolute atomic E-state index is 0.179. The van der Waals surface area contributed by atoms with Crippen molar-refractivity contribution in [2.75, 3.05) is 12.3 Å². The Hall–Kier alpha value is -0.490. The van der Waals surface area contributed by atoms with Crippen molar-refractivity contribution in [3.8, 4) is 0 Å². The molecule has 1 amide bonds. The van der Waals surface area contributed by atoms with Gasteiger partial charge in [0, 0.05) is 17.2 Å². The van der Waals surface area contributed by atoms with Crippen LogP contribution in [-0.4, -0.2) is 31.9 Å². The van der Waals surface area contributed by atoms with Crippen molar-refractivity contribution in [2.45, 2.75) is 0 Å². The predicted octanol–water partition coefficient (Wildman–Crippen LogP) is -0.177. The highest BCUT2D eigenvalue weighted by Gasteiger charge is 2.04. The van der Waals surface area contributed by atoms with Crippen molar-refractivity contribution < 1.29 is 18.3 Å². The Bertz CT molecular complexity index is 211. The van der Waals surface area contributed by atoms with Gasteiger partial charge >= 0.3 is 6.09 Å². The number of rotatable bonds is 3. The van der Waals surface area contributed by atoms with E-state index in [1.54, 1.807) is 0 Å². The van der Waals surface area contributed by atoms with Gasteiger partial charge in [-0.3, -0.25) is 0 Å². The second kappa shape index (κ2) is 3.62. The molecule has 0 aromatic heterocycles. The molecule has 0 aliphatic carbocycles. The fourth-order valence-corrected chi connectivity index (χ4v) is 0.857. The van der Waals surface area contributed by atoms with Gasteiger partial charge in [0.25, 0.3) is 0 Å². The third-order valence-corrected chi connectivity index (χ3v) is 1.78. The van der Waals surface area contributed by atoms with Crippen molar-refractivity contribution in [1.82, 2.24) is 5.32 Å². The Labute approximate surface area is 62.4 Å². The topological polar surface area (TPSA) is 83.5 Å². The summed E-state index contributed by atoms with van der Waals surface area (Å²) < 4.78 is 20.3. The summed E-state index contributed by atoms with van der Waals surface area (Å²) in [6, 6.07) is 0. The van der Waals surface area contributed by atoms with Crippen LogP contribution in [0.1, 0.15) is 0 Å². The molecule has 0 aromatic rings. The Kier molecular flexibility index (Phi) is 3.45. The van der Waals surface area contributed by atoms with Gasteiger partial charge in [-0.05, 0) is 0 Å². The highest BCUT2D eigenvalue weighted by atomic mass is 35.7. The molecule has 5 nitrogen and oxygen atoms in total. The zero-order valence-electron chi connectivity index (χ0n) is 4.87. The van der Waals surface area contributed by atoms with Crippen molar-refractivity contribution >= 4 is 25.8 Å². The van der Waals surface area contributed by atoms with E-state index in [2.05, 4.69) is 0 Å². The van der Waals surface area contributed by atoms with E-state index in [-0.39, 0.29) is 12.3 Å². The fourth-order valence-electron chi connectivity index (χ4n) is 0.280. The van der Waals surface area contributed by atoms with Crippen molar-refractivity contribution in [2.24, 2.45) is 0 Å². The second-order valence-corrected chi connectivity index (χ2v) is 4.37. The van der Waals surface area contributed by atoms with Gasteiger partial charge in [-0.25, -0.2) is 13.2 Å². The summed E-state index contributed by atoms with van der Waals surface area (Å²) in [7, 11) is 1.18. The Morgan fingerprint density at radius 3 is 2.40 bits per heavy atom. The van der Waals surface area contributed by atoms with Crippen LogP contribution in [0.3, 0.4) is 0 Å². The van der Waals surface area contributed by atoms with Crippen molar-refractivity contribution in [3.63, 3.8) is 0 Å². The zero-order chi connectivity index (χ0) is 8.20. The van der Waals surface area contributed by atoms with Crippen LogP contribution in [0, 0.1) is 0 Å². The van der Waals surface area contributed by atoms with E-state index in [0.717, 1.165) is 0 Å². The van der Waals surface area contributed by atoms with Gasteiger partial charge in [-0.2, -0.15) is 0 Å². The third-order valence-electron chi connectivity index (χ3n) is 0.622. The summed E-state index contributed by atoms with van der Waals surface area (Å²) in [5.74, 6) is -0.388. The number of carbonyl (C=O) groups is 1. The highest BCUT2D eigenvalue weighted by Crippen LogP contribution is 1.92. The molecule has 0 aromatic carbocycles. The lowest BCUT2D eigenvalue weighted by Gasteiger charge is -1.95. The molecule has 0 spiro atoms. The Morgan fingerprint density at radius 2 is 2.10 bits per heavy atom. The van der Waals surface area contributed by atoms with E-state index in [1.165, 1.54) is 0 Å². The van der Waals surface area contributed by atoms with E-state index in [0.29, 0.717) is 0 Å². The van der Waals surface area contributed by atoms with Gasteiger partial charge in [0.05, 0.1) is 5.75 Å². The first-order valence-corrected chi connectivity index (χ1v) is 4.79. The van der Waals surface area contributed by atoms with Gasteiger partial charge < -0.3 is 10.4 Å². The van der Waals surface area contributed by atoms with Crippen LogP contribution in [0.5, 0.6) is 0 Å². The lowest BCUT2D eigenvalue weighted by Crippen LogP contribution is -2.25. The molecule has 0 rings (SSSR count).